The Morgan fingerprint density at radius 2 is 2.11 bits per heavy atom. The predicted molar refractivity (Wildman–Crippen MR) is 75.1 cm³/mol. The van der Waals surface area contributed by atoms with Gasteiger partial charge in [-0.05, 0) is 53.4 Å². The van der Waals surface area contributed by atoms with Gasteiger partial charge in [0.2, 0.25) is 0 Å². The molecule has 0 heterocycles. The molecule has 1 aromatic carbocycles. The van der Waals surface area contributed by atoms with Crippen molar-refractivity contribution in [3.63, 3.8) is 0 Å². The van der Waals surface area contributed by atoms with Gasteiger partial charge in [-0.15, -0.1) is 0 Å². The molecular weight excluding hydrogens is 332 g/mol. The predicted octanol–water partition coefficient (Wildman–Crippen LogP) is 3.03. The van der Waals surface area contributed by atoms with E-state index in [4.69, 9.17) is 5.11 Å². The zero-order valence-corrected chi connectivity index (χ0v) is 12.4. The van der Waals surface area contributed by atoms with Crippen molar-refractivity contribution in [1.82, 2.24) is 0 Å². The fourth-order valence-electron chi connectivity index (χ4n) is 2.06. The Kier molecular flexibility index (Phi) is 4.10. The van der Waals surface area contributed by atoms with Crippen LogP contribution in [0.4, 0.5) is 0 Å². The summed E-state index contributed by atoms with van der Waals surface area (Å²) in [6, 6.07) is 4.05. The Balaban J connectivity index is 2.50. The Hall–Kier alpha value is -1.14. The second kappa shape index (κ2) is 5.46. The lowest BCUT2D eigenvalue weighted by Crippen LogP contribution is -2.21. The highest BCUT2D eigenvalue weighted by Crippen LogP contribution is 2.30. The molecule has 4 nitrogen and oxygen atoms in total. The Bertz CT molecular complexity index is 634. The Morgan fingerprint density at radius 3 is 2.68 bits per heavy atom. The molecule has 1 aliphatic carbocycles. The topological polar surface area (TPSA) is 71.4 Å². The van der Waals surface area contributed by atoms with Crippen LogP contribution in [0.25, 0.3) is 0 Å². The first-order valence-corrected chi connectivity index (χ1v) is 8.20. The van der Waals surface area contributed by atoms with E-state index in [1.807, 2.05) is 6.08 Å². The van der Waals surface area contributed by atoms with Crippen LogP contribution in [-0.4, -0.2) is 24.7 Å². The van der Waals surface area contributed by atoms with Crippen LogP contribution in [0.3, 0.4) is 0 Å². The summed E-state index contributed by atoms with van der Waals surface area (Å²) in [5.41, 5.74) is -0.0263. The van der Waals surface area contributed by atoms with E-state index in [0.717, 1.165) is 12.8 Å². The summed E-state index contributed by atoms with van der Waals surface area (Å²) in [6.07, 6.45) is 5.85. The van der Waals surface area contributed by atoms with Crippen molar-refractivity contribution in [2.75, 3.05) is 0 Å². The van der Waals surface area contributed by atoms with Crippen LogP contribution in [0.2, 0.25) is 0 Å². The number of hydrogen-bond acceptors (Lipinski definition) is 3. The minimum Gasteiger partial charge on any atom is -0.478 e. The number of allylic oxidation sites excluding steroid dienone is 1. The van der Waals surface area contributed by atoms with E-state index in [1.54, 1.807) is 6.08 Å². The van der Waals surface area contributed by atoms with Gasteiger partial charge >= 0.3 is 5.97 Å². The highest BCUT2D eigenvalue weighted by Gasteiger charge is 2.28. The summed E-state index contributed by atoms with van der Waals surface area (Å²) in [6.45, 7) is 0. The largest absolute Gasteiger partial charge is 0.478 e. The molecule has 1 aliphatic rings. The summed E-state index contributed by atoms with van der Waals surface area (Å²) in [5.74, 6) is -1.14. The summed E-state index contributed by atoms with van der Waals surface area (Å²) >= 11 is 3.19. The van der Waals surface area contributed by atoms with Gasteiger partial charge in [0.25, 0.3) is 0 Å². The minimum atomic E-state index is -3.55. The van der Waals surface area contributed by atoms with Gasteiger partial charge in [0.05, 0.1) is 15.7 Å². The zero-order valence-electron chi connectivity index (χ0n) is 10.0. The van der Waals surface area contributed by atoms with Gasteiger partial charge in [-0.25, -0.2) is 13.2 Å². The van der Waals surface area contributed by atoms with Gasteiger partial charge < -0.3 is 5.11 Å². The molecule has 0 spiro atoms. The van der Waals surface area contributed by atoms with E-state index in [2.05, 4.69) is 15.9 Å². The smallest absolute Gasteiger partial charge is 0.335 e. The van der Waals surface area contributed by atoms with Crippen LogP contribution in [0, 0.1) is 0 Å². The second-order valence-corrected chi connectivity index (χ2v) is 7.38. The fourth-order valence-corrected chi connectivity index (χ4v) is 4.73. The minimum absolute atomic E-state index is 0.0263. The first kappa shape index (κ1) is 14.3. The van der Waals surface area contributed by atoms with E-state index in [1.165, 1.54) is 18.2 Å². The third-order valence-corrected chi connectivity index (χ3v) is 6.19. The molecule has 2 rings (SSSR count). The molecular formula is C13H13BrO4S. The van der Waals surface area contributed by atoms with Crippen LogP contribution in [0.1, 0.15) is 29.6 Å². The third-order valence-electron chi connectivity index (χ3n) is 3.09. The molecule has 1 unspecified atom stereocenters. The number of carboxylic acid groups (broad SMARTS) is 1. The van der Waals surface area contributed by atoms with Crippen molar-refractivity contribution in [3.05, 3.63) is 40.4 Å². The van der Waals surface area contributed by atoms with E-state index in [9.17, 15) is 13.2 Å². The van der Waals surface area contributed by atoms with Crippen LogP contribution in [0.15, 0.2) is 39.7 Å². The molecule has 0 fully saturated rings. The number of aromatic carboxylic acids is 1. The monoisotopic (exact) mass is 344 g/mol. The zero-order chi connectivity index (χ0) is 14.0. The maximum atomic E-state index is 12.5. The molecule has 0 radical (unpaired) electrons. The number of rotatable bonds is 3. The standard InChI is InChI=1S/C13H13BrO4S/c14-11-7-6-9(13(15)16)8-12(11)19(17,18)10-4-2-1-3-5-10/h2,4,6-8,10H,1,3,5H2,(H,15,16). The van der Waals surface area contributed by atoms with Crippen molar-refractivity contribution in [2.24, 2.45) is 0 Å². The molecule has 0 saturated carbocycles. The lowest BCUT2D eigenvalue weighted by Gasteiger charge is -2.18. The van der Waals surface area contributed by atoms with Crippen LogP contribution in [0.5, 0.6) is 0 Å². The first-order chi connectivity index (χ1) is 8.93. The van der Waals surface area contributed by atoms with Gasteiger partial charge in [0, 0.05) is 4.47 Å². The number of carboxylic acids is 1. The molecule has 1 atom stereocenters. The number of halogens is 1. The fraction of sp³-hybridized carbons (Fsp3) is 0.308. The second-order valence-electron chi connectivity index (χ2n) is 4.39. The lowest BCUT2D eigenvalue weighted by molar-refractivity contribution is 0.0696. The van der Waals surface area contributed by atoms with E-state index >= 15 is 0 Å². The van der Waals surface area contributed by atoms with Crippen LogP contribution < -0.4 is 0 Å². The maximum absolute atomic E-state index is 12.5. The van der Waals surface area contributed by atoms with Crippen LogP contribution >= 0.6 is 15.9 Å². The van der Waals surface area contributed by atoms with Gasteiger partial charge in [0.15, 0.2) is 9.84 Å². The average molecular weight is 345 g/mol. The highest BCUT2D eigenvalue weighted by atomic mass is 79.9. The summed E-state index contributed by atoms with van der Waals surface area (Å²) < 4.78 is 25.4. The van der Waals surface area contributed by atoms with Crippen molar-refractivity contribution < 1.29 is 18.3 Å². The van der Waals surface area contributed by atoms with Crippen molar-refractivity contribution in [2.45, 2.75) is 29.4 Å². The lowest BCUT2D eigenvalue weighted by atomic mass is 10.1. The van der Waals surface area contributed by atoms with Gasteiger partial charge in [0.1, 0.15) is 0 Å². The van der Waals surface area contributed by atoms with Crippen molar-refractivity contribution >= 4 is 31.7 Å². The SMILES string of the molecule is O=C(O)c1ccc(Br)c(S(=O)(=O)C2C=CCCC2)c1. The van der Waals surface area contributed by atoms with Crippen LogP contribution in [-0.2, 0) is 9.84 Å². The number of benzene rings is 1. The third kappa shape index (κ3) is 2.90. The summed E-state index contributed by atoms with van der Waals surface area (Å²) in [5, 5.41) is 8.38. The molecule has 6 heteroatoms. The molecule has 1 aromatic rings. The van der Waals surface area contributed by atoms with E-state index in [-0.39, 0.29) is 10.5 Å². The molecule has 102 valence electrons. The molecule has 0 aromatic heterocycles. The Labute approximate surface area is 120 Å². The van der Waals surface area contributed by atoms with Crippen molar-refractivity contribution in [1.29, 1.82) is 0 Å². The van der Waals surface area contributed by atoms with Gasteiger partial charge in [-0.2, -0.15) is 0 Å². The van der Waals surface area contributed by atoms with Gasteiger partial charge in [-0.1, -0.05) is 12.2 Å². The quantitative estimate of drug-likeness (QED) is 0.855. The molecule has 0 saturated heterocycles. The van der Waals surface area contributed by atoms with E-state index < -0.39 is 21.1 Å². The molecule has 0 amide bonds. The van der Waals surface area contributed by atoms with E-state index in [0.29, 0.717) is 10.9 Å². The highest BCUT2D eigenvalue weighted by molar-refractivity contribution is 9.10. The normalized spacial score (nSPS) is 19.3. The molecule has 0 bridgehead atoms. The average Bonchev–Trinajstić information content (AvgIpc) is 2.39. The summed E-state index contributed by atoms with van der Waals surface area (Å²) in [7, 11) is -3.55. The number of sulfone groups is 1. The molecule has 1 N–H and O–H groups in total. The molecule has 19 heavy (non-hydrogen) atoms. The first-order valence-electron chi connectivity index (χ1n) is 5.86. The van der Waals surface area contributed by atoms with Crippen molar-refractivity contribution in [3.8, 4) is 0 Å². The van der Waals surface area contributed by atoms with Gasteiger partial charge in [-0.3, -0.25) is 0 Å². The summed E-state index contributed by atoms with van der Waals surface area (Å²) in [4.78, 5) is 11.0. The maximum Gasteiger partial charge on any atom is 0.335 e. The Morgan fingerprint density at radius 1 is 1.37 bits per heavy atom. The number of hydrogen-bond donors (Lipinski definition) is 1. The molecule has 0 aliphatic heterocycles. The number of carbonyl (C=O) groups is 1.